The average molecular weight is 577 g/mol. The first-order chi connectivity index (χ1) is 20.5. The van der Waals surface area contributed by atoms with Crippen molar-refractivity contribution in [2.45, 2.75) is 18.5 Å². The van der Waals surface area contributed by atoms with Crippen LogP contribution < -0.4 is 10.6 Å². The van der Waals surface area contributed by atoms with E-state index in [0.29, 0.717) is 34.3 Å². The fourth-order valence-electron chi connectivity index (χ4n) is 5.37. The van der Waals surface area contributed by atoms with Crippen LogP contribution in [0.1, 0.15) is 40.3 Å². The number of thiocarbonyl (C=S) groups is 1. The fourth-order valence-corrected chi connectivity index (χ4v) is 5.70. The van der Waals surface area contributed by atoms with Gasteiger partial charge in [-0.2, -0.15) is 0 Å². The predicted octanol–water partition coefficient (Wildman–Crippen LogP) is 6.28. The molecular formula is C33H28N4O4S. The normalized spacial score (nSPS) is 16.3. The maximum absolute atomic E-state index is 13.2. The zero-order valence-electron chi connectivity index (χ0n) is 22.8. The summed E-state index contributed by atoms with van der Waals surface area (Å²) in [6.45, 7) is 0.352. The van der Waals surface area contributed by atoms with Crippen LogP contribution in [0.4, 0.5) is 5.69 Å². The third kappa shape index (κ3) is 5.34. The summed E-state index contributed by atoms with van der Waals surface area (Å²) in [7, 11) is 1.35. The maximum Gasteiger partial charge on any atom is 0.338 e. The predicted molar refractivity (Wildman–Crippen MR) is 165 cm³/mol. The zero-order chi connectivity index (χ0) is 29.1. The Labute approximate surface area is 248 Å². The van der Waals surface area contributed by atoms with Crippen molar-refractivity contribution in [2.24, 2.45) is 0 Å². The van der Waals surface area contributed by atoms with E-state index in [1.807, 2.05) is 89.8 Å². The number of rotatable bonds is 8. The number of methoxy groups -OCH3 is 1. The summed E-state index contributed by atoms with van der Waals surface area (Å²) < 4.78 is 11.4. The first-order valence-electron chi connectivity index (χ1n) is 13.6. The van der Waals surface area contributed by atoms with Gasteiger partial charge in [-0.1, -0.05) is 60.7 Å². The van der Waals surface area contributed by atoms with E-state index in [1.165, 1.54) is 7.11 Å². The van der Waals surface area contributed by atoms with E-state index < -0.39 is 5.97 Å². The van der Waals surface area contributed by atoms with Crippen LogP contribution in [0.25, 0.3) is 22.1 Å². The second kappa shape index (κ2) is 11.8. The van der Waals surface area contributed by atoms with Crippen LogP contribution in [0, 0.1) is 0 Å². The lowest BCUT2D eigenvalue weighted by Gasteiger charge is -2.26. The van der Waals surface area contributed by atoms with E-state index in [0.717, 1.165) is 22.2 Å². The largest absolute Gasteiger partial charge is 0.465 e. The summed E-state index contributed by atoms with van der Waals surface area (Å²) in [6.07, 6.45) is 1.94. The number of hydrogen-bond donors (Lipinski definition) is 2. The fraction of sp³-hybridized carbons (Fsp3) is 0.152. The number of anilines is 1. The SMILES string of the molecule is COC(=O)c1ccccc1-c1ccc(C2C(c3ccccn3)NC(=S)N2CCC(=O)Nc2cccc3ccccc23)o1. The summed E-state index contributed by atoms with van der Waals surface area (Å²) in [4.78, 5) is 32.1. The van der Waals surface area contributed by atoms with Crippen molar-refractivity contribution in [3.05, 3.63) is 120 Å². The molecule has 5 aromatic rings. The van der Waals surface area contributed by atoms with Crippen molar-refractivity contribution in [1.82, 2.24) is 15.2 Å². The minimum atomic E-state index is -0.447. The van der Waals surface area contributed by atoms with E-state index in [9.17, 15) is 9.59 Å². The second-order valence-corrected chi connectivity index (χ2v) is 10.3. The molecule has 1 fully saturated rings. The summed E-state index contributed by atoms with van der Waals surface area (Å²) >= 11 is 5.76. The van der Waals surface area contributed by atoms with Crippen molar-refractivity contribution >= 4 is 45.7 Å². The number of carbonyl (C=O) groups excluding carboxylic acids is 2. The van der Waals surface area contributed by atoms with Gasteiger partial charge in [0.1, 0.15) is 17.6 Å². The molecule has 2 atom stereocenters. The Balaban J connectivity index is 1.28. The zero-order valence-corrected chi connectivity index (χ0v) is 23.6. The summed E-state index contributed by atoms with van der Waals surface area (Å²) in [5, 5.41) is 8.98. The Bertz CT molecular complexity index is 1770. The molecule has 0 bridgehead atoms. The molecule has 1 aliphatic heterocycles. The number of amides is 1. The van der Waals surface area contributed by atoms with Gasteiger partial charge in [0.05, 0.1) is 24.4 Å². The molecule has 0 radical (unpaired) electrons. The Hall–Kier alpha value is -5.02. The molecule has 2 aromatic heterocycles. The first kappa shape index (κ1) is 27.2. The van der Waals surface area contributed by atoms with Gasteiger partial charge >= 0.3 is 5.97 Å². The average Bonchev–Trinajstić information content (AvgIpc) is 3.64. The van der Waals surface area contributed by atoms with Gasteiger partial charge in [-0.3, -0.25) is 9.78 Å². The molecule has 0 saturated carbocycles. The molecule has 42 heavy (non-hydrogen) atoms. The standard InChI is InChI=1S/C33H28N4O4S/c1-40-32(39)24-13-5-4-12-23(24)27-16-17-28(41-27)31-30(26-14-6-7-19-34-26)36-33(42)37(31)20-18-29(38)35-25-15-8-10-21-9-2-3-11-22(21)25/h2-17,19,30-31H,18,20H2,1H3,(H,35,38)(H,36,42). The van der Waals surface area contributed by atoms with Crippen molar-refractivity contribution in [2.75, 3.05) is 19.0 Å². The first-order valence-corrected chi connectivity index (χ1v) is 14.0. The van der Waals surface area contributed by atoms with Crippen LogP contribution in [0.5, 0.6) is 0 Å². The Morgan fingerprint density at radius 3 is 2.60 bits per heavy atom. The Kier molecular flexibility index (Phi) is 7.66. The van der Waals surface area contributed by atoms with E-state index in [2.05, 4.69) is 15.6 Å². The van der Waals surface area contributed by atoms with Crippen molar-refractivity contribution in [1.29, 1.82) is 0 Å². The van der Waals surface area contributed by atoms with Crippen molar-refractivity contribution < 1.29 is 18.7 Å². The molecule has 9 heteroatoms. The van der Waals surface area contributed by atoms with Crippen molar-refractivity contribution in [3.8, 4) is 11.3 Å². The topological polar surface area (TPSA) is 96.7 Å². The van der Waals surface area contributed by atoms with Crippen LogP contribution in [0.15, 0.2) is 108 Å². The van der Waals surface area contributed by atoms with Gasteiger partial charge in [0.2, 0.25) is 5.91 Å². The van der Waals surface area contributed by atoms with Gasteiger partial charge in [-0.15, -0.1) is 0 Å². The number of hydrogen-bond acceptors (Lipinski definition) is 6. The third-order valence-corrected chi connectivity index (χ3v) is 7.71. The van der Waals surface area contributed by atoms with E-state index in [1.54, 1.807) is 18.3 Å². The molecule has 0 spiro atoms. The lowest BCUT2D eigenvalue weighted by atomic mass is 10.0. The number of benzene rings is 3. The molecular weight excluding hydrogens is 548 g/mol. The quantitative estimate of drug-likeness (QED) is 0.165. The van der Waals surface area contributed by atoms with E-state index >= 15 is 0 Å². The number of pyridine rings is 1. The lowest BCUT2D eigenvalue weighted by Crippen LogP contribution is -2.32. The van der Waals surface area contributed by atoms with E-state index in [4.69, 9.17) is 21.4 Å². The highest BCUT2D eigenvalue weighted by Crippen LogP contribution is 2.41. The number of nitrogens with zero attached hydrogens (tertiary/aromatic N) is 2. The summed E-state index contributed by atoms with van der Waals surface area (Å²) in [6, 6.07) is 29.7. The highest BCUT2D eigenvalue weighted by atomic mass is 32.1. The van der Waals surface area contributed by atoms with Crippen LogP contribution in [-0.2, 0) is 9.53 Å². The minimum absolute atomic E-state index is 0.124. The number of ether oxygens (including phenoxy) is 1. The molecule has 1 saturated heterocycles. The number of aromatic nitrogens is 1. The monoisotopic (exact) mass is 576 g/mol. The van der Waals surface area contributed by atoms with Gasteiger partial charge in [0, 0.05) is 35.8 Å². The molecule has 3 heterocycles. The van der Waals surface area contributed by atoms with Gasteiger partial charge in [-0.05, 0) is 54.0 Å². The number of fused-ring (bicyclic) bond motifs is 1. The number of carbonyl (C=O) groups is 2. The number of furan rings is 1. The summed E-state index contributed by atoms with van der Waals surface area (Å²) in [5.74, 6) is 0.582. The number of esters is 1. The van der Waals surface area contributed by atoms with Crippen molar-refractivity contribution in [3.63, 3.8) is 0 Å². The van der Waals surface area contributed by atoms with Crippen LogP contribution in [0.3, 0.4) is 0 Å². The molecule has 210 valence electrons. The maximum atomic E-state index is 13.2. The van der Waals surface area contributed by atoms with Crippen LogP contribution >= 0.6 is 12.2 Å². The Morgan fingerprint density at radius 1 is 0.976 bits per heavy atom. The molecule has 3 aromatic carbocycles. The minimum Gasteiger partial charge on any atom is -0.465 e. The summed E-state index contributed by atoms with van der Waals surface area (Å²) in [5.41, 5.74) is 2.59. The molecule has 6 rings (SSSR count). The molecule has 2 unspecified atom stereocenters. The molecule has 2 N–H and O–H groups in total. The second-order valence-electron chi connectivity index (χ2n) is 9.88. The molecule has 1 amide bonds. The Morgan fingerprint density at radius 2 is 1.76 bits per heavy atom. The van der Waals surface area contributed by atoms with Crippen LogP contribution in [-0.4, -0.2) is 40.5 Å². The molecule has 8 nitrogen and oxygen atoms in total. The highest BCUT2D eigenvalue weighted by molar-refractivity contribution is 7.80. The highest BCUT2D eigenvalue weighted by Gasteiger charge is 2.41. The number of nitrogens with one attached hydrogen (secondary N) is 2. The third-order valence-electron chi connectivity index (χ3n) is 7.36. The van der Waals surface area contributed by atoms with E-state index in [-0.39, 0.29) is 24.4 Å². The van der Waals surface area contributed by atoms with Gasteiger partial charge in [0.25, 0.3) is 0 Å². The van der Waals surface area contributed by atoms with Gasteiger partial charge in [-0.25, -0.2) is 4.79 Å². The molecule has 0 aliphatic carbocycles. The smallest absolute Gasteiger partial charge is 0.338 e. The van der Waals surface area contributed by atoms with Gasteiger partial charge in [0.15, 0.2) is 5.11 Å². The van der Waals surface area contributed by atoms with Crippen LogP contribution in [0.2, 0.25) is 0 Å². The lowest BCUT2D eigenvalue weighted by molar-refractivity contribution is -0.116. The molecule has 1 aliphatic rings. The van der Waals surface area contributed by atoms with Gasteiger partial charge < -0.3 is 24.7 Å².